The smallest absolute Gasteiger partial charge is 0.370 e. The quantitative estimate of drug-likeness (QED) is 0.728. The van der Waals surface area contributed by atoms with Gasteiger partial charge >= 0.3 is 6.18 Å². The van der Waals surface area contributed by atoms with Crippen molar-refractivity contribution in [3.05, 3.63) is 48.0 Å². The maximum atomic E-state index is 13.2. The van der Waals surface area contributed by atoms with Crippen LogP contribution in [0.4, 0.5) is 30.2 Å². The van der Waals surface area contributed by atoms with E-state index in [4.69, 9.17) is 0 Å². The first-order chi connectivity index (χ1) is 14.3. The molecule has 2 aromatic carbocycles. The molecule has 0 spiro atoms. The molecule has 0 aromatic heterocycles. The van der Waals surface area contributed by atoms with Crippen LogP contribution in [0.25, 0.3) is 0 Å². The Labute approximate surface area is 176 Å². The van der Waals surface area contributed by atoms with E-state index in [2.05, 4.69) is 10.6 Å². The number of fused-ring (bicyclic) bond motifs is 1. The van der Waals surface area contributed by atoms with E-state index in [9.17, 15) is 22.8 Å². The molecule has 0 saturated carbocycles. The van der Waals surface area contributed by atoms with Gasteiger partial charge < -0.3 is 15.5 Å². The Morgan fingerprint density at radius 2 is 1.90 bits per heavy atom. The fraction of sp³-hybridized carbons (Fsp3) is 0.333. The highest BCUT2D eigenvalue weighted by Gasteiger charge is 2.33. The number of halogens is 3. The predicted molar refractivity (Wildman–Crippen MR) is 111 cm³/mol. The van der Waals surface area contributed by atoms with Gasteiger partial charge in [0.2, 0.25) is 11.8 Å². The van der Waals surface area contributed by atoms with E-state index in [-0.39, 0.29) is 18.0 Å². The van der Waals surface area contributed by atoms with Gasteiger partial charge in [-0.25, -0.2) is 0 Å². The topological polar surface area (TPSA) is 61.4 Å². The van der Waals surface area contributed by atoms with Crippen molar-refractivity contribution in [1.82, 2.24) is 0 Å². The summed E-state index contributed by atoms with van der Waals surface area (Å²) in [6, 6.07) is 10.7. The highest BCUT2D eigenvalue weighted by Crippen LogP contribution is 2.38. The van der Waals surface area contributed by atoms with E-state index in [0.717, 1.165) is 43.0 Å². The molecule has 1 fully saturated rings. The molecule has 2 aliphatic rings. The molecule has 1 atom stereocenters. The Kier molecular flexibility index (Phi) is 5.64. The van der Waals surface area contributed by atoms with Crippen molar-refractivity contribution in [2.45, 2.75) is 35.6 Å². The number of anilines is 3. The number of carbonyl (C=O) groups is 2. The number of alkyl halides is 3. The standard InChI is InChI=1S/C21H20F3N3O2S/c22-21(23,24)13-7-8-16(27-9-3-4-10-27)15(11-13)25-19(28)12-18-20(29)26-14-5-1-2-6-17(14)30-18/h1-2,5-8,11,18H,3-4,9-10,12H2,(H,25,28)(H,26,29). The highest BCUT2D eigenvalue weighted by atomic mass is 32.2. The van der Waals surface area contributed by atoms with Crippen LogP contribution in [-0.2, 0) is 15.8 Å². The van der Waals surface area contributed by atoms with Gasteiger partial charge in [0.15, 0.2) is 0 Å². The van der Waals surface area contributed by atoms with Gasteiger partial charge in [-0.15, -0.1) is 11.8 Å². The third-order valence-electron chi connectivity index (χ3n) is 5.12. The minimum atomic E-state index is -4.51. The number of para-hydroxylation sites is 1. The normalized spacial score (nSPS) is 18.7. The molecular weight excluding hydrogens is 415 g/mol. The lowest BCUT2D eigenvalue weighted by Crippen LogP contribution is -2.32. The third-order valence-corrected chi connectivity index (χ3v) is 6.40. The molecule has 5 nitrogen and oxygen atoms in total. The first-order valence-corrected chi connectivity index (χ1v) is 10.5. The van der Waals surface area contributed by atoms with E-state index >= 15 is 0 Å². The molecule has 158 valence electrons. The van der Waals surface area contributed by atoms with E-state index in [0.29, 0.717) is 11.4 Å². The van der Waals surface area contributed by atoms with Crippen LogP contribution in [0, 0.1) is 0 Å². The summed E-state index contributed by atoms with van der Waals surface area (Å²) in [7, 11) is 0. The maximum absolute atomic E-state index is 13.2. The second-order valence-corrected chi connectivity index (χ2v) is 8.51. The zero-order valence-electron chi connectivity index (χ0n) is 16.0. The second-order valence-electron chi connectivity index (χ2n) is 7.27. The molecule has 2 aliphatic heterocycles. The average molecular weight is 435 g/mol. The van der Waals surface area contributed by atoms with E-state index < -0.39 is 22.9 Å². The number of hydrogen-bond acceptors (Lipinski definition) is 4. The summed E-state index contributed by atoms with van der Waals surface area (Å²) in [5.41, 5.74) is 0.566. The summed E-state index contributed by atoms with van der Waals surface area (Å²) in [6.07, 6.45) is -2.74. The summed E-state index contributed by atoms with van der Waals surface area (Å²) in [5, 5.41) is 4.73. The fourth-order valence-electron chi connectivity index (χ4n) is 3.64. The van der Waals surface area contributed by atoms with Gasteiger partial charge in [0.1, 0.15) is 0 Å². The number of carbonyl (C=O) groups excluding carboxylic acids is 2. The highest BCUT2D eigenvalue weighted by molar-refractivity contribution is 8.01. The molecular formula is C21H20F3N3O2S. The van der Waals surface area contributed by atoms with Gasteiger partial charge in [0.05, 0.1) is 27.9 Å². The van der Waals surface area contributed by atoms with Crippen LogP contribution < -0.4 is 15.5 Å². The average Bonchev–Trinajstić information content (AvgIpc) is 3.22. The summed E-state index contributed by atoms with van der Waals surface area (Å²) in [5.74, 6) is -0.792. The van der Waals surface area contributed by atoms with Gasteiger partial charge in [-0.05, 0) is 43.2 Å². The van der Waals surface area contributed by atoms with Crippen LogP contribution in [0.3, 0.4) is 0 Å². The zero-order chi connectivity index (χ0) is 21.3. The largest absolute Gasteiger partial charge is 0.416 e. The maximum Gasteiger partial charge on any atom is 0.416 e. The van der Waals surface area contributed by atoms with Crippen molar-refractivity contribution in [3.8, 4) is 0 Å². The van der Waals surface area contributed by atoms with Crippen molar-refractivity contribution in [2.24, 2.45) is 0 Å². The number of rotatable bonds is 4. The van der Waals surface area contributed by atoms with Crippen molar-refractivity contribution in [2.75, 3.05) is 28.6 Å². The van der Waals surface area contributed by atoms with E-state index in [1.54, 1.807) is 12.1 Å². The Morgan fingerprint density at radius 3 is 2.63 bits per heavy atom. The van der Waals surface area contributed by atoms with Gasteiger partial charge in [-0.3, -0.25) is 9.59 Å². The third kappa shape index (κ3) is 4.40. The van der Waals surface area contributed by atoms with Crippen molar-refractivity contribution in [3.63, 3.8) is 0 Å². The molecule has 2 N–H and O–H groups in total. The zero-order valence-corrected chi connectivity index (χ0v) is 16.8. The Bertz CT molecular complexity index is 974. The molecule has 4 rings (SSSR count). The molecule has 2 aromatic rings. The van der Waals surface area contributed by atoms with Crippen LogP contribution in [0.2, 0.25) is 0 Å². The van der Waals surface area contributed by atoms with Gasteiger partial charge in [0, 0.05) is 24.4 Å². The van der Waals surface area contributed by atoms with Gasteiger partial charge in [0.25, 0.3) is 0 Å². The Morgan fingerprint density at radius 1 is 1.17 bits per heavy atom. The lowest BCUT2D eigenvalue weighted by Gasteiger charge is -2.25. The molecule has 0 aliphatic carbocycles. The van der Waals surface area contributed by atoms with Gasteiger partial charge in [-0.2, -0.15) is 13.2 Å². The molecule has 2 heterocycles. The first-order valence-electron chi connectivity index (χ1n) is 9.64. The summed E-state index contributed by atoms with van der Waals surface area (Å²) < 4.78 is 39.6. The fourth-order valence-corrected chi connectivity index (χ4v) is 4.75. The van der Waals surface area contributed by atoms with Gasteiger partial charge in [-0.1, -0.05) is 12.1 Å². The van der Waals surface area contributed by atoms with Crippen molar-refractivity contribution >= 4 is 40.6 Å². The monoisotopic (exact) mass is 435 g/mol. The number of amides is 2. The molecule has 1 unspecified atom stereocenters. The van der Waals surface area contributed by atoms with Crippen LogP contribution in [-0.4, -0.2) is 30.2 Å². The summed E-state index contributed by atoms with van der Waals surface area (Å²) >= 11 is 1.28. The van der Waals surface area contributed by atoms with Crippen LogP contribution >= 0.6 is 11.8 Å². The van der Waals surface area contributed by atoms with Crippen molar-refractivity contribution in [1.29, 1.82) is 0 Å². The van der Waals surface area contributed by atoms with Crippen LogP contribution in [0.15, 0.2) is 47.4 Å². The van der Waals surface area contributed by atoms with Crippen LogP contribution in [0.5, 0.6) is 0 Å². The van der Waals surface area contributed by atoms with E-state index in [1.807, 2.05) is 17.0 Å². The van der Waals surface area contributed by atoms with E-state index in [1.165, 1.54) is 17.8 Å². The number of nitrogens with zero attached hydrogens (tertiary/aromatic N) is 1. The van der Waals surface area contributed by atoms with Crippen molar-refractivity contribution < 1.29 is 22.8 Å². The van der Waals surface area contributed by atoms with Crippen LogP contribution in [0.1, 0.15) is 24.8 Å². The Balaban J connectivity index is 1.52. The summed E-state index contributed by atoms with van der Waals surface area (Å²) in [6.45, 7) is 1.46. The number of benzene rings is 2. The molecule has 0 radical (unpaired) electrons. The number of hydrogen-bond donors (Lipinski definition) is 2. The molecule has 2 amide bonds. The summed E-state index contributed by atoms with van der Waals surface area (Å²) in [4.78, 5) is 27.8. The molecule has 1 saturated heterocycles. The minimum absolute atomic E-state index is 0.123. The SMILES string of the molecule is O=C(CC1Sc2ccccc2NC1=O)Nc1cc(C(F)(F)F)ccc1N1CCCC1. The predicted octanol–water partition coefficient (Wildman–Crippen LogP) is 4.75. The number of thioether (sulfide) groups is 1. The molecule has 30 heavy (non-hydrogen) atoms. The molecule has 0 bridgehead atoms. The first kappa shape index (κ1) is 20.6. The molecule has 9 heteroatoms. The second kappa shape index (κ2) is 8.22. The minimum Gasteiger partial charge on any atom is -0.370 e. The lowest BCUT2D eigenvalue weighted by atomic mass is 10.1. The number of nitrogens with one attached hydrogen (secondary N) is 2. The Hall–Kier alpha value is -2.68. The lowest BCUT2D eigenvalue weighted by molar-refractivity contribution is -0.137.